The van der Waals surface area contributed by atoms with E-state index in [1.54, 1.807) is 13.2 Å². The van der Waals surface area contributed by atoms with Gasteiger partial charge in [0.05, 0.1) is 14.2 Å². The Morgan fingerprint density at radius 2 is 2.18 bits per heavy atom. The van der Waals surface area contributed by atoms with Crippen LogP contribution in [0.25, 0.3) is 0 Å². The average molecular weight is 384 g/mol. The molecule has 6 unspecified atom stereocenters. The molecule has 4 fully saturated rings. The van der Waals surface area contributed by atoms with E-state index in [1.807, 2.05) is 12.1 Å². The maximum atomic E-state index is 13.9. The van der Waals surface area contributed by atoms with Gasteiger partial charge in [0.1, 0.15) is 16.7 Å². The number of ketones is 1. The first-order valence-electron chi connectivity index (χ1n) is 10.3. The monoisotopic (exact) mass is 384 g/mol. The normalized spacial score (nSPS) is 40.2. The molecule has 1 spiro atoms. The van der Waals surface area contributed by atoms with E-state index in [1.165, 1.54) is 7.11 Å². The second-order valence-corrected chi connectivity index (χ2v) is 8.90. The summed E-state index contributed by atoms with van der Waals surface area (Å²) in [7, 11) is 3.06. The maximum absolute atomic E-state index is 13.9. The van der Waals surface area contributed by atoms with Crippen LogP contribution in [0.2, 0.25) is 0 Å². The highest BCUT2D eigenvalue weighted by Gasteiger charge is 2.74. The van der Waals surface area contributed by atoms with Crippen molar-refractivity contribution in [2.75, 3.05) is 32.6 Å². The lowest BCUT2D eigenvalue weighted by atomic mass is 9.47. The van der Waals surface area contributed by atoms with Crippen LogP contribution < -0.4 is 10.1 Å². The molecular formula is C22H28N2O4. The molecule has 1 N–H and O–H groups in total. The third-order valence-corrected chi connectivity index (χ3v) is 7.90. The van der Waals surface area contributed by atoms with Crippen molar-refractivity contribution in [2.45, 2.75) is 44.2 Å². The van der Waals surface area contributed by atoms with Gasteiger partial charge in [-0.15, -0.1) is 0 Å². The van der Waals surface area contributed by atoms with Gasteiger partial charge in [-0.2, -0.15) is 0 Å². The van der Waals surface area contributed by atoms with Gasteiger partial charge in [-0.3, -0.25) is 14.5 Å². The van der Waals surface area contributed by atoms with Gasteiger partial charge >= 0.3 is 5.97 Å². The Morgan fingerprint density at radius 3 is 2.89 bits per heavy atom. The number of nitrogens with one attached hydrogen (secondary N) is 1. The zero-order chi connectivity index (χ0) is 19.7. The molecule has 3 saturated heterocycles. The summed E-state index contributed by atoms with van der Waals surface area (Å²) in [6, 6.07) is 5.61. The summed E-state index contributed by atoms with van der Waals surface area (Å²) in [5.41, 5.74) is -0.337. The molecule has 1 aromatic rings. The fraction of sp³-hybridized carbons (Fsp3) is 0.636. The first-order chi connectivity index (χ1) is 13.5. The number of nitrogens with zero attached hydrogens (tertiary/aromatic N) is 1. The van der Waals surface area contributed by atoms with Crippen molar-refractivity contribution in [3.63, 3.8) is 0 Å². The first-order valence-corrected chi connectivity index (χ1v) is 10.3. The molecule has 0 amide bonds. The Hall–Kier alpha value is -2.08. The van der Waals surface area contributed by atoms with E-state index in [2.05, 4.69) is 17.1 Å². The Balaban J connectivity index is 1.69. The van der Waals surface area contributed by atoms with Gasteiger partial charge in [0.2, 0.25) is 0 Å². The fourth-order valence-electron chi connectivity index (χ4n) is 6.91. The molecule has 4 heterocycles. The van der Waals surface area contributed by atoms with E-state index >= 15 is 0 Å². The van der Waals surface area contributed by atoms with E-state index in [9.17, 15) is 9.59 Å². The minimum atomic E-state index is -0.928. The van der Waals surface area contributed by atoms with Gasteiger partial charge in [-0.1, -0.05) is 13.3 Å². The van der Waals surface area contributed by atoms with Crippen LogP contribution >= 0.6 is 0 Å². The average Bonchev–Trinajstić information content (AvgIpc) is 3.02. The lowest BCUT2D eigenvalue weighted by molar-refractivity contribution is -0.193. The molecule has 4 aliphatic heterocycles. The highest BCUT2D eigenvalue weighted by atomic mass is 16.5. The molecule has 6 nitrogen and oxygen atoms in total. The van der Waals surface area contributed by atoms with Crippen molar-refractivity contribution < 1.29 is 19.1 Å². The molecule has 0 radical (unpaired) electrons. The van der Waals surface area contributed by atoms with Crippen LogP contribution in [0.15, 0.2) is 18.2 Å². The molecule has 6 rings (SSSR count). The van der Waals surface area contributed by atoms with Gasteiger partial charge in [-0.05, 0) is 49.3 Å². The molecule has 5 aliphatic rings. The zero-order valence-corrected chi connectivity index (χ0v) is 16.8. The molecule has 28 heavy (non-hydrogen) atoms. The van der Waals surface area contributed by atoms with Crippen molar-refractivity contribution in [3.05, 3.63) is 23.8 Å². The molecule has 0 aromatic heterocycles. The largest absolute Gasteiger partial charge is 0.497 e. The van der Waals surface area contributed by atoms with Gasteiger partial charge in [0.15, 0.2) is 5.78 Å². The fourth-order valence-corrected chi connectivity index (χ4v) is 6.91. The highest BCUT2D eigenvalue weighted by molar-refractivity contribution is 6.16. The minimum Gasteiger partial charge on any atom is -0.497 e. The second kappa shape index (κ2) is 5.96. The van der Waals surface area contributed by atoms with Crippen LogP contribution in [-0.2, 0) is 9.53 Å². The van der Waals surface area contributed by atoms with Crippen molar-refractivity contribution in [1.29, 1.82) is 0 Å². The van der Waals surface area contributed by atoms with Crippen LogP contribution in [0.3, 0.4) is 0 Å². The van der Waals surface area contributed by atoms with Gasteiger partial charge in [0.25, 0.3) is 0 Å². The predicted molar refractivity (Wildman–Crippen MR) is 105 cm³/mol. The summed E-state index contributed by atoms with van der Waals surface area (Å²) < 4.78 is 10.8. The molecule has 1 aromatic carbocycles. The van der Waals surface area contributed by atoms with E-state index < -0.39 is 11.0 Å². The third-order valence-electron chi connectivity index (χ3n) is 7.90. The van der Waals surface area contributed by atoms with Gasteiger partial charge in [-0.25, -0.2) is 0 Å². The molecule has 1 saturated carbocycles. The number of hydrogen-bond donors (Lipinski definition) is 1. The van der Waals surface area contributed by atoms with Crippen LogP contribution in [0.5, 0.6) is 5.75 Å². The summed E-state index contributed by atoms with van der Waals surface area (Å²) >= 11 is 0. The predicted octanol–water partition coefficient (Wildman–Crippen LogP) is 2.73. The maximum Gasteiger partial charge on any atom is 0.316 e. The number of Topliss-reactive ketones (excluding diaryl/α,β-unsaturated/α-hetero) is 1. The van der Waals surface area contributed by atoms with Crippen molar-refractivity contribution >= 4 is 17.4 Å². The van der Waals surface area contributed by atoms with Crippen molar-refractivity contribution in [2.24, 2.45) is 17.3 Å². The third kappa shape index (κ3) is 1.97. The lowest BCUT2D eigenvalue weighted by Crippen LogP contribution is -2.79. The SMILES string of the molecule is CCC1CC2CN3CCC4(Nc5ccc(OC)cc5C4=O)C(C(=O)OC)(C2)C13. The molecular weight excluding hydrogens is 356 g/mol. The summed E-state index contributed by atoms with van der Waals surface area (Å²) in [5, 5.41) is 3.56. The molecule has 1 aliphatic carbocycles. The number of fused-ring (bicyclic) bond motifs is 2. The quantitative estimate of drug-likeness (QED) is 0.809. The molecule has 6 atom stereocenters. The minimum absolute atomic E-state index is 0.0221. The number of anilines is 1. The van der Waals surface area contributed by atoms with E-state index in [-0.39, 0.29) is 17.8 Å². The number of piperidine rings is 3. The van der Waals surface area contributed by atoms with E-state index in [0.29, 0.717) is 29.6 Å². The summed E-state index contributed by atoms with van der Waals surface area (Å²) in [6.45, 7) is 4.06. The number of esters is 1. The van der Waals surface area contributed by atoms with Crippen LogP contribution in [0.4, 0.5) is 5.69 Å². The molecule has 4 bridgehead atoms. The lowest BCUT2D eigenvalue weighted by Gasteiger charge is -2.66. The van der Waals surface area contributed by atoms with Gasteiger partial charge < -0.3 is 14.8 Å². The number of rotatable bonds is 3. The van der Waals surface area contributed by atoms with Crippen molar-refractivity contribution in [1.82, 2.24) is 4.90 Å². The highest BCUT2D eigenvalue weighted by Crippen LogP contribution is 2.62. The number of hydrogen-bond acceptors (Lipinski definition) is 6. The summed E-state index contributed by atoms with van der Waals surface area (Å²) in [4.78, 5) is 29.8. The van der Waals surface area contributed by atoms with E-state index in [4.69, 9.17) is 9.47 Å². The number of methoxy groups -OCH3 is 2. The Bertz CT molecular complexity index is 847. The molecule has 6 heteroatoms. The number of carbonyl (C=O) groups excluding carboxylic acids is 2. The molecule has 150 valence electrons. The van der Waals surface area contributed by atoms with Crippen LogP contribution in [-0.4, -0.2) is 55.5 Å². The Morgan fingerprint density at radius 1 is 1.36 bits per heavy atom. The standard InChI is InChI=1S/C22H28N2O4/c1-4-14-9-13-11-21(20(26)28-3)18(14)24(12-13)8-7-22(21)19(25)16-10-15(27-2)5-6-17(16)23-22/h5-6,10,13-14,18,23H,4,7-9,11-12H2,1-3H3. The van der Waals surface area contributed by atoms with E-state index in [0.717, 1.165) is 38.0 Å². The topological polar surface area (TPSA) is 67.9 Å². The Labute approximate surface area is 165 Å². The van der Waals surface area contributed by atoms with Crippen LogP contribution in [0.1, 0.15) is 43.0 Å². The van der Waals surface area contributed by atoms with Crippen LogP contribution in [0, 0.1) is 17.3 Å². The van der Waals surface area contributed by atoms with Gasteiger partial charge in [0, 0.05) is 30.4 Å². The Kier molecular flexibility index (Phi) is 3.83. The smallest absolute Gasteiger partial charge is 0.316 e. The second-order valence-electron chi connectivity index (χ2n) is 8.90. The number of benzene rings is 1. The zero-order valence-electron chi connectivity index (χ0n) is 16.8. The van der Waals surface area contributed by atoms with Crippen molar-refractivity contribution in [3.8, 4) is 5.75 Å². The summed E-state index contributed by atoms with van der Waals surface area (Å²) in [5.74, 6) is 1.29. The number of ether oxygens (including phenoxy) is 2. The summed E-state index contributed by atoms with van der Waals surface area (Å²) in [6.07, 6.45) is 3.50. The number of carbonyl (C=O) groups is 2. The first kappa shape index (κ1) is 18.0.